The maximum Gasteiger partial charge on any atom is 0.421 e. The van der Waals surface area contributed by atoms with Gasteiger partial charge in [-0.25, -0.2) is 34.5 Å². The summed E-state index contributed by atoms with van der Waals surface area (Å²) in [7, 11) is 0. The van der Waals surface area contributed by atoms with E-state index in [1.54, 1.807) is 48.7 Å². The van der Waals surface area contributed by atoms with Crippen molar-refractivity contribution in [2.45, 2.75) is 52.6 Å². The molecule has 0 radical (unpaired) electrons. The number of benzene rings is 4. The molecule has 378 valence electrons. The number of amides is 2. The third kappa shape index (κ3) is 19.0. The highest BCUT2D eigenvalue weighted by molar-refractivity contribution is 6.31. The first kappa shape index (κ1) is 57.0. The highest BCUT2D eigenvalue weighted by Crippen LogP contribution is 2.33. The number of aliphatic carboxylic acids is 1. The number of carbonyl (C=O) groups excluding carboxylic acids is 2. The number of nitrogens with zero attached hydrogens (tertiary/aromatic N) is 6. The summed E-state index contributed by atoms with van der Waals surface area (Å²) in [5.74, 6) is -0.821. The van der Waals surface area contributed by atoms with Crippen LogP contribution in [0.25, 0.3) is 22.5 Å². The minimum atomic E-state index is -4.52. The lowest BCUT2D eigenvalue weighted by atomic mass is 10.1. The fourth-order valence-electron chi connectivity index (χ4n) is 6.40. The van der Waals surface area contributed by atoms with Gasteiger partial charge < -0.3 is 29.7 Å². The van der Waals surface area contributed by atoms with E-state index in [0.29, 0.717) is 52.4 Å². The molecule has 0 spiro atoms. The van der Waals surface area contributed by atoms with E-state index < -0.39 is 23.8 Å². The molecule has 15 nitrogen and oxygen atoms in total. The molecule has 0 bridgehead atoms. The summed E-state index contributed by atoms with van der Waals surface area (Å²) in [6.07, 6.45) is 0.437. The highest BCUT2D eigenvalue weighted by atomic mass is 35.5. The van der Waals surface area contributed by atoms with Gasteiger partial charge in [0.2, 0.25) is 17.8 Å². The molecule has 6 aromatic rings. The molecule has 0 saturated heterocycles. The van der Waals surface area contributed by atoms with Crippen LogP contribution < -0.4 is 15.1 Å². The molecule has 0 unspecified atom stereocenters. The number of hydrogen-bond acceptors (Lipinski definition) is 12. The fourth-order valence-corrected chi connectivity index (χ4v) is 6.78. The molecule has 3 N–H and O–H groups in total. The first-order valence-electron chi connectivity index (χ1n) is 22.1. The topological polar surface area (TPSA) is 189 Å². The van der Waals surface area contributed by atoms with Crippen molar-refractivity contribution in [3.63, 3.8) is 0 Å². The summed E-state index contributed by atoms with van der Waals surface area (Å²) in [4.78, 5) is 56.7. The Balaban J connectivity index is 0.000000306. The molecule has 2 amide bonds. The molecule has 0 saturated carbocycles. The normalized spacial score (nSPS) is 10.9. The van der Waals surface area contributed by atoms with E-state index in [9.17, 15) is 27.6 Å². The average Bonchev–Trinajstić information content (AvgIpc) is 3.34. The molecule has 71 heavy (non-hydrogen) atoms. The Morgan fingerprint density at radius 1 is 0.662 bits per heavy atom. The molecule has 0 atom stereocenters. The third-order valence-corrected chi connectivity index (χ3v) is 10.4. The second-order valence-corrected chi connectivity index (χ2v) is 16.1. The number of carboxylic acid groups (broad SMARTS) is 1. The number of carboxylic acids is 1. The predicted molar refractivity (Wildman–Crippen MR) is 267 cm³/mol. The quantitative estimate of drug-likeness (QED) is 0.0515. The first-order chi connectivity index (χ1) is 33.7. The van der Waals surface area contributed by atoms with Gasteiger partial charge >= 0.3 is 18.2 Å². The van der Waals surface area contributed by atoms with Crippen molar-refractivity contribution in [3.05, 3.63) is 143 Å². The number of aryl methyl sites for hydroxylation is 1. The van der Waals surface area contributed by atoms with Gasteiger partial charge in [-0.05, 0) is 99.0 Å². The zero-order valence-corrected chi connectivity index (χ0v) is 39.7. The lowest BCUT2D eigenvalue weighted by Crippen LogP contribution is -2.31. The Hall–Kier alpha value is -6.54. The lowest BCUT2D eigenvalue weighted by Gasteiger charge is -2.21. The summed E-state index contributed by atoms with van der Waals surface area (Å²) in [6.45, 7) is 4.06. The minimum Gasteiger partial charge on any atom is -0.481 e. The van der Waals surface area contributed by atoms with Crippen molar-refractivity contribution in [1.82, 2.24) is 25.3 Å². The van der Waals surface area contributed by atoms with Crippen molar-refractivity contribution in [2.75, 3.05) is 62.5 Å². The van der Waals surface area contributed by atoms with Crippen LogP contribution in [0.4, 0.5) is 41.2 Å². The van der Waals surface area contributed by atoms with E-state index in [4.69, 9.17) is 47.6 Å². The third-order valence-electron chi connectivity index (χ3n) is 9.89. The molecule has 4 aromatic carbocycles. The zero-order valence-electron chi connectivity index (χ0n) is 38.2. The Labute approximate surface area is 420 Å². The maximum absolute atomic E-state index is 13.3. The average molecular weight is 1020 g/mol. The number of aromatic nitrogens is 4. The number of alkyl halides is 3. The Bertz CT molecular complexity index is 2600. The number of anilines is 4. The van der Waals surface area contributed by atoms with Crippen molar-refractivity contribution in [3.8, 4) is 22.5 Å². The van der Waals surface area contributed by atoms with E-state index in [0.717, 1.165) is 59.6 Å². The number of halogens is 5. The molecule has 0 aliphatic rings. The van der Waals surface area contributed by atoms with Gasteiger partial charge in [0.05, 0.1) is 61.0 Å². The number of aliphatic hydroxyl groups excluding tert-OH is 1. The molecule has 0 fully saturated rings. The van der Waals surface area contributed by atoms with Crippen LogP contribution >= 0.6 is 23.2 Å². The van der Waals surface area contributed by atoms with Crippen LogP contribution in [0.1, 0.15) is 50.7 Å². The van der Waals surface area contributed by atoms with E-state index in [-0.39, 0.29) is 76.7 Å². The Kier molecular flexibility index (Phi) is 23.8. The number of hydrogen-bond donors (Lipinski definition) is 3. The van der Waals surface area contributed by atoms with Crippen molar-refractivity contribution < 1.29 is 52.0 Å². The molecular formula is C51H56Cl2F3N7O8. The van der Waals surface area contributed by atoms with Crippen molar-refractivity contribution >= 4 is 64.4 Å². The number of unbranched alkanes of at least 4 members (excludes halogenated alkanes) is 2. The molecule has 0 aliphatic carbocycles. The second-order valence-electron chi connectivity index (χ2n) is 15.2. The van der Waals surface area contributed by atoms with Crippen LogP contribution in [0.5, 0.6) is 0 Å². The second kappa shape index (κ2) is 29.6. The van der Waals surface area contributed by atoms with Crippen LogP contribution in [0, 0.1) is 6.92 Å². The first-order valence-corrected chi connectivity index (χ1v) is 22.9. The monoisotopic (exact) mass is 1020 g/mol. The number of ether oxygens (including phenoxy) is 3. The number of nitrogens with one attached hydrogen (secondary N) is 1. The molecule has 2 aromatic heterocycles. The van der Waals surface area contributed by atoms with Gasteiger partial charge in [-0.2, -0.15) is 13.2 Å². The number of rotatable bonds is 23. The van der Waals surface area contributed by atoms with E-state index in [2.05, 4.69) is 25.3 Å². The van der Waals surface area contributed by atoms with E-state index in [1.807, 2.05) is 49.4 Å². The fraction of sp³-hybridized carbons (Fsp3) is 0.314. The highest BCUT2D eigenvalue weighted by Gasteiger charge is 2.31. The summed E-state index contributed by atoms with van der Waals surface area (Å²) in [5.41, 5.74) is 3.63. The van der Waals surface area contributed by atoms with Crippen LogP contribution in [0.15, 0.2) is 122 Å². The van der Waals surface area contributed by atoms with Gasteiger partial charge in [0, 0.05) is 59.9 Å². The van der Waals surface area contributed by atoms with Gasteiger partial charge in [0.25, 0.3) is 0 Å². The van der Waals surface area contributed by atoms with Gasteiger partial charge in [0.1, 0.15) is 6.61 Å². The van der Waals surface area contributed by atoms with Crippen LogP contribution in [0.2, 0.25) is 10.0 Å². The lowest BCUT2D eigenvalue weighted by molar-refractivity contribution is -0.138. The largest absolute Gasteiger partial charge is 0.481 e. The van der Waals surface area contributed by atoms with Crippen LogP contribution in [-0.2, 0) is 30.0 Å². The Morgan fingerprint density at radius 2 is 1.18 bits per heavy atom. The maximum atomic E-state index is 13.3. The van der Waals surface area contributed by atoms with Gasteiger partial charge in [-0.1, -0.05) is 72.6 Å². The summed E-state index contributed by atoms with van der Waals surface area (Å²) in [6, 6.07) is 29.3. The van der Waals surface area contributed by atoms with Gasteiger partial charge in [-0.15, -0.1) is 0 Å². The van der Waals surface area contributed by atoms with Crippen LogP contribution in [-0.4, -0.2) is 101 Å². The smallest absolute Gasteiger partial charge is 0.421 e. The van der Waals surface area contributed by atoms with Crippen LogP contribution in [0.3, 0.4) is 0 Å². The minimum absolute atomic E-state index is 0. The molecule has 2 heterocycles. The summed E-state index contributed by atoms with van der Waals surface area (Å²) < 4.78 is 55.1. The van der Waals surface area contributed by atoms with Crippen molar-refractivity contribution in [1.29, 1.82) is 0 Å². The van der Waals surface area contributed by atoms with Gasteiger partial charge in [0.15, 0.2) is 0 Å². The van der Waals surface area contributed by atoms with Gasteiger partial charge in [-0.3, -0.25) is 9.59 Å². The molecule has 6 rings (SSSR count). The molecule has 20 heteroatoms. The molecular weight excluding hydrogens is 967 g/mol. The summed E-state index contributed by atoms with van der Waals surface area (Å²) >= 11 is 12.2. The SMILES string of the molecule is C.Cc1ccc(N(C(=O)CCOCCCCCOCCC(=O)O)c2nccc(-c3cccc(Cl)c3)n2)cc1.O=C(OCCNCCO)N(c1ccc(C(F)(F)F)cc1)c1nccc(-c2cccc(Cl)c2)n1. The van der Waals surface area contributed by atoms with E-state index in [1.165, 1.54) is 11.1 Å². The molecule has 0 aliphatic heterocycles. The standard InChI is InChI=1S/C28H32ClN3O5.C22H20ClF3N4O3.CH4/c1-21-8-10-24(11-9-21)32(28-30-15-12-25(31-28)22-6-5-7-23(29)20-22)26(33)13-18-36-16-3-2-4-17-37-19-14-27(34)35;23-17-3-1-2-15(14-17)19-8-9-28-20(29-19)30(21(32)33-13-11-27-10-12-31)18-6-4-16(5-7-18)22(24,25)26;/h5-12,15,20H,2-4,13-14,16-19H2,1H3,(H,34,35);1-9,14,27,31H,10-13H2;1H4. The van der Waals surface area contributed by atoms with E-state index >= 15 is 0 Å². The van der Waals surface area contributed by atoms with Crippen molar-refractivity contribution in [2.24, 2.45) is 0 Å². The zero-order chi connectivity index (χ0) is 50.3. The summed E-state index contributed by atoms with van der Waals surface area (Å²) in [5, 5.41) is 21.3. The number of carbonyl (C=O) groups is 3. The number of aliphatic hydroxyl groups is 1. The predicted octanol–water partition coefficient (Wildman–Crippen LogP) is 11.1. The Morgan fingerprint density at radius 3 is 1.70 bits per heavy atom.